The number of halogens is 6. The summed E-state index contributed by atoms with van der Waals surface area (Å²) in [6.45, 7) is 0. The molecule has 4 rings (SSSR count). The minimum Gasteiger partial charge on any atom is -0.508 e. The van der Waals surface area contributed by atoms with Gasteiger partial charge >= 0.3 is 12.5 Å². The van der Waals surface area contributed by atoms with Crippen LogP contribution in [0.3, 0.4) is 0 Å². The number of hydrogen-bond acceptors (Lipinski definition) is 3. The number of benzene rings is 3. The van der Waals surface area contributed by atoms with Crippen LogP contribution >= 0.6 is 0 Å². The molecule has 0 radical (unpaired) electrons. The van der Waals surface area contributed by atoms with Gasteiger partial charge in [0.1, 0.15) is 11.5 Å². The van der Waals surface area contributed by atoms with Gasteiger partial charge in [0.2, 0.25) is 5.91 Å². The number of carbonyl (C=O) groups is 1. The monoisotopic (exact) mass is 453 g/mol. The highest BCUT2D eigenvalue weighted by molar-refractivity contribution is 6.08. The fourth-order valence-corrected chi connectivity index (χ4v) is 3.71. The van der Waals surface area contributed by atoms with E-state index >= 15 is 0 Å². The molecule has 1 atom stereocenters. The van der Waals surface area contributed by atoms with E-state index in [-0.39, 0.29) is 22.4 Å². The van der Waals surface area contributed by atoms with E-state index in [2.05, 4.69) is 10.1 Å². The Morgan fingerprint density at radius 1 is 0.906 bits per heavy atom. The predicted octanol–water partition coefficient (Wildman–Crippen LogP) is 6.06. The second-order valence-electron chi connectivity index (χ2n) is 7.04. The molecule has 0 fully saturated rings. The Bertz CT molecular complexity index is 1190. The molecule has 0 spiro atoms. The Morgan fingerprint density at radius 3 is 2.22 bits per heavy atom. The van der Waals surface area contributed by atoms with Crippen LogP contribution in [0.2, 0.25) is 0 Å². The lowest BCUT2D eigenvalue weighted by molar-refractivity contribution is -0.274. The van der Waals surface area contributed by atoms with Crippen molar-refractivity contribution >= 4 is 11.6 Å². The molecule has 0 aromatic heterocycles. The second-order valence-corrected chi connectivity index (χ2v) is 7.04. The number of aromatic hydroxyl groups is 1. The van der Waals surface area contributed by atoms with Gasteiger partial charge in [-0.2, -0.15) is 13.2 Å². The summed E-state index contributed by atoms with van der Waals surface area (Å²) in [4.78, 5) is 12.7. The molecular weight excluding hydrogens is 440 g/mol. The van der Waals surface area contributed by atoms with Gasteiger partial charge < -0.3 is 15.2 Å². The second kappa shape index (κ2) is 7.47. The molecule has 0 saturated carbocycles. The van der Waals surface area contributed by atoms with E-state index in [0.717, 1.165) is 24.3 Å². The fraction of sp³-hybridized carbons (Fsp3) is 0.136. The Balaban J connectivity index is 1.93. The fourth-order valence-electron chi connectivity index (χ4n) is 3.71. The summed E-state index contributed by atoms with van der Waals surface area (Å²) in [5.74, 6) is -2.56. The lowest BCUT2D eigenvalue weighted by Gasteiger charge is -2.18. The lowest BCUT2D eigenvalue weighted by atomic mass is 9.85. The highest BCUT2D eigenvalue weighted by Crippen LogP contribution is 2.49. The molecule has 0 saturated heterocycles. The van der Waals surface area contributed by atoms with Gasteiger partial charge in [-0.1, -0.05) is 30.3 Å². The van der Waals surface area contributed by atoms with Crippen LogP contribution in [-0.4, -0.2) is 17.4 Å². The van der Waals surface area contributed by atoms with Crippen LogP contribution in [0.25, 0.3) is 11.1 Å². The molecule has 1 amide bonds. The third-order valence-corrected chi connectivity index (χ3v) is 4.96. The SMILES string of the molecule is O=C1Nc2c(C(F)(F)F)ccc(-c3cccc(OC(F)(F)F)c3)c2[C@H]1c1ccc(O)cc1. The Labute approximate surface area is 177 Å². The number of alkyl halides is 6. The van der Waals surface area contributed by atoms with Crippen LogP contribution in [0.4, 0.5) is 32.0 Å². The van der Waals surface area contributed by atoms with Gasteiger partial charge in [0.15, 0.2) is 0 Å². The number of hydrogen-bond donors (Lipinski definition) is 2. The highest BCUT2D eigenvalue weighted by atomic mass is 19.4. The van der Waals surface area contributed by atoms with E-state index in [1.54, 1.807) is 0 Å². The van der Waals surface area contributed by atoms with Crippen LogP contribution in [-0.2, 0) is 11.0 Å². The molecule has 3 aromatic carbocycles. The van der Waals surface area contributed by atoms with Gasteiger partial charge in [-0.15, -0.1) is 13.2 Å². The summed E-state index contributed by atoms with van der Waals surface area (Å²) in [5, 5.41) is 11.8. The number of ether oxygens (including phenoxy) is 1. The summed E-state index contributed by atoms with van der Waals surface area (Å²) in [7, 11) is 0. The predicted molar refractivity (Wildman–Crippen MR) is 102 cm³/mol. The molecule has 166 valence electrons. The summed E-state index contributed by atoms with van der Waals surface area (Å²) < 4.78 is 82.6. The quantitative estimate of drug-likeness (QED) is 0.474. The maximum absolute atomic E-state index is 13.6. The molecule has 4 nitrogen and oxygen atoms in total. The minimum absolute atomic E-state index is 0.0281. The van der Waals surface area contributed by atoms with E-state index in [0.29, 0.717) is 5.56 Å². The third kappa shape index (κ3) is 4.08. The molecule has 0 bridgehead atoms. The van der Waals surface area contributed by atoms with E-state index in [1.165, 1.54) is 36.4 Å². The molecule has 1 aliphatic heterocycles. The van der Waals surface area contributed by atoms with Crippen molar-refractivity contribution < 1.29 is 41.0 Å². The molecule has 1 aliphatic rings. The van der Waals surface area contributed by atoms with Gasteiger partial charge in [0.05, 0.1) is 17.2 Å². The van der Waals surface area contributed by atoms with Gasteiger partial charge in [0.25, 0.3) is 0 Å². The van der Waals surface area contributed by atoms with Gasteiger partial charge in [0, 0.05) is 5.56 Å². The van der Waals surface area contributed by atoms with Gasteiger partial charge in [-0.05, 0) is 47.0 Å². The average molecular weight is 453 g/mol. The van der Waals surface area contributed by atoms with Crippen molar-refractivity contribution in [2.24, 2.45) is 0 Å². The van der Waals surface area contributed by atoms with Crippen molar-refractivity contribution in [1.29, 1.82) is 0 Å². The number of amides is 1. The minimum atomic E-state index is -4.95. The largest absolute Gasteiger partial charge is 0.573 e. The summed E-state index contributed by atoms with van der Waals surface area (Å²) >= 11 is 0. The Morgan fingerprint density at radius 2 is 1.59 bits per heavy atom. The zero-order valence-corrected chi connectivity index (χ0v) is 15.9. The average Bonchev–Trinajstić information content (AvgIpc) is 3.02. The maximum atomic E-state index is 13.6. The van der Waals surface area contributed by atoms with Crippen LogP contribution in [0, 0.1) is 0 Å². The van der Waals surface area contributed by atoms with Gasteiger partial charge in [-0.25, -0.2) is 0 Å². The normalized spacial score (nSPS) is 15.9. The molecule has 3 aromatic rings. The van der Waals surface area contributed by atoms with Crippen LogP contribution in [0.1, 0.15) is 22.6 Å². The Hall–Kier alpha value is -3.69. The molecule has 0 unspecified atom stereocenters. The number of rotatable bonds is 3. The number of phenolic OH excluding ortho intramolecular Hbond substituents is 1. The van der Waals surface area contributed by atoms with E-state index in [9.17, 15) is 36.2 Å². The summed E-state index contributed by atoms with van der Waals surface area (Å²) in [5.41, 5.74) is -0.982. The smallest absolute Gasteiger partial charge is 0.508 e. The molecule has 0 aliphatic carbocycles. The highest BCUT2D eigenvalue weighted by Gasteiger charge is 2.42. The summed E-state index contributed by atoms with van der Waals surface area (Å²) in [6.07, 6.45) is -9.73. The standard InChI is InChI=1S/C22H13F6NO3/c23-21(24,25)16-9-8-15(12-2-1-3-14(10-12)32-22(26,27)28)18-17(20(31)29-19(16)18)11-4-6-13(30)7-5-11/h1-10,17,30H,(H,29,31)/t17-/m1/s1. The van der Waals surface area contributed by atoms with Crippen molar-refractivity contribution in [3.8, 4) is 22.6 Å². The molecule has 2 N–H and O–H groups in total. The van der Waals surface area contributed by atoms with Crippen molar-refractivity contribution in [2.45, 2.75) is 18.5 Å². The third-order valence-electron chi connectivity index (χ3n) is 4.96. The first-order valence-electron chi connectivity index (χ1n) is 9.14. The van der Waals surface area contributed by atoms with Gasteiger partial charge in [-0.3, -0.25) is 4.79 Å². The molecule has 1 heterocycles. The first-order chi connectivity index (χ1) is 14.9. The zero-order chi connectivity index (χ0) is 23.3. The molecule has 32 heavy (non-hydrogen) atoms. The molecular formula is C22H13F6NO3. The van der Waals surface area contributed by atoms with Crippen LogP contribution < -0.4 is 10.1 Å². The number of carbonyl (C=O) groups excluding carboxylic acids is 1. The Kier molecular flexibility index (Phi) is 5.03. The number of anilines is 1. The first-order valence-corrected chi connectivity index (χ1v) is 9.14. The maximum Gasteiger partial charge on any atom is 0.573 e. The van der Waals surface area contributed by atoms with Crippen LogP contribution in [0.5, 0.6) is 11.5 Å². The lowest BCUT2D eigenvalue weighted by Crippen LogP contribution is -2.17. The zero-order valence-electron chi connectivity index (χ0n) is 15.9. The first kappa shape index (κ1) is 21.5. The van der Waals surface area contributed by atoms with Crippen molar-refractivity contribution in [3.05, 3.63) is 77.4 Å². The van der Waals surface area contributed by atoms with E-state index < -0.39 is 41.4 Å². The van der Waals surface area contributed by atoms with Crippen molar-refractivity contribution in [1.82, 2.24) is 0 Å². The number of phenols is 1. The molecule has 10 heteroatoms. The topological polar surface area (TPSA) is 58.6 Å². The van der Waals surface area contributed by atoms with Crippen molar-refractivity contribution in [3.63, 3.8) is 0 Å². The number of nitrogens with one attached hydrogen (secondary N) is 1. The van der Waals surface area contributed by atoms with E-state index in [1.807, 2.05) is 0 Å². The van der Waals surface area contributed by atoms with Crippen molar-refractivity contribution in [2.75, 3.05) is 5.32 Å². The summed E-state index contributed by atoms with van der Waals surface area (Å²) in [6, 6.07) is 12.0. The van der Waals surface area contributed by atoms with E-state index in [4.69, 9.17) is 0 Å². The number of fused-ring (bicyclic) bond motifs is 1. The van der Waals surface area contributed by atoms with Crippen LogP contribution in [0.15, 0.2) is 60.7 Å².